The number of rotatable bonds is 0. The SMILES string of the molecule is O=C1[CH]C=C(O)C=C1. The van der Waals surface area contributed by atoms with E-state index in [9.17, 15) is 4.79 Å². The maximum Gasteiger partial charge on any atom is 0.163 e. The monoisotopic (exact) mass is 109 g/mol. The molecule has 0 aromatic rings. The zero-order valence-corrected chi connectivity index (χ0v) is 4.16. The standard InChI is InChI=1S/C6H5O2/c7-5-1-2-6(8)4-3-5/h1-4,7H. The molecule has 1 N–H and O–H groups in total. The first kappa shape index (κ1) is 5.09. The van der Waals surface area contributed by atoms with Crippen molar-refractivity contribution in [2.45, 2.75) is 0 Å². The van der Waals surface area contributed by atoms with Crippen LogP contribution in [0, 0.1) is 6.42 Å². The van der Waals surface area contributed by atoms with Gasteiger partial charge in [-0.25, -0.2) is 0 Å². The van der Waals surface area contributed by atoms with Crippen molar-refractivity contribution in [1.29, 1.82) is 0 Å². The third-order valence-electron chi connectivity index (χ3n) is 0.837. The molecule has 41 valence electrons. The van der Waals surface area contributed by atoms with Crippen molar-refractivity contribution >= 4 is 5.78 Å². The van der Waals surface area contributed by atoms with Gasteiger partial charge in [-0.2, -0.15) is 0 Å². The lowest BCUT2D eigenvalue weighted by Crippen LogP contribution is -1.96. The summed E-state index contributed by atoms with van der Waals surface area (Å²) in [7, 11) is 0. The fourth-order valence-electron chi connectivity index (χ4n) is 0.446. The predicted octanol–water partition coefficient (Wildman–Crippen LogP) is 0.771. The molecule has 0 heterocycles. The minimum absolute atomic E-state index is 0.0807. The van der Waals surface area contributed by atoms with Gasteiger partial charge in [-0.1, -0.05) is 0 Å². The van der Waals surface area contributed by atoms with Crippen LogP contribution in [0.1, 0.15) is 0 Å². The highest BCUT2D eigenvalue weighted by atomic mass is 16.3. The van der Waals surface area contributed by atoms with Crippen molar-refractivity contribution in [2.24, 2.45) is 0 Å². The summed E-state index contributed by atoms with van der Waals surface area (Å²) in [6, 6.07) is 0. The summed E-state index contributed by atoms with van der Waals surface area (Å²) < 4.78 is 0. The Labute approximate surface area is 47.1 Å². The first-order chi connectivity index (χ1) is 3.79. The number of hydrogen-bond donors (Lipinski definition) is 1. The van der Waals surface area contributed by atoms with Crippen molar-refractivity contribution < 1.29 is 9.90 Å². The van der Waals surface area contributed by atoms with Crippen LogP contribution in [0.2, 0.25) is 0 Å². The molecule has 0 saturated carbocycles. The second kappa shape index (κ2) is 1.82. The predicted molar refractivity (Wildman–Crippen MR) is 29.2 cm³/mol. The second-order valence-corrected chi connectivity index (χ2v) is 1.49. The van der Waals surface area contributed by atoms with E-state index >= 15 is 0 Å². The largest absolute Gasteiger partial charge is 0.508 e. The Morgan fingerprint density at radius 1 is 1.38 bits per heavy atom. The first-order valence-corrected chi connectivity index (χ1v) is 2.25. The summed E-state index contributed by atoms with van der Waals surface area (Å²) in [5, 5.41) is 8.62. The summed E-state index contributed by atoms with van der Waals surface area (Å²) in [4.78, 5) is 10.3. The van der Waals surface area contributed by atoms with E-state index in [0.29, 0.717) is 0 Å². The molecule has 8 heavy (non-hydrogen) atoms. The maximum atomic E-state index is 10.3. The number of ketones is 1. The van der Waals surface area contributed by atoms with Gasteiger partial charge in [-0.15, -0.1) is 0 Å². The molecule has 1 rings (SSSR count). The van der Waals surface area contributed by atoms with Crippen molar-refractivity contribution in [3.05, 3.63) is 30.4 Å². The maximum absolute atomic E-state index is 10.3. The molecule has 0 aliphatic heterocycles. The zero-order chi connectivity index (χ0) is 5.98. The van der Waals surface area contributed by atoms with Gasteiger partial charge in [0.25, 0.3) is 0 Å². The molecule has 1 aliphatic rings. The average molecular weight is 109 g/mol. The smallest absolute Gasteiger partial charge is 0.163 e. The van der Waals surface area contributed by atoms with E-state index in [0.717, 1.165) is 0 Å². The van der Waals surface area contributed by atoms with E-state index in [1.807, 2.05) is 0 Å². The highest BCUT2D eigenvalue weighted by Gasteiger charge is 1.99. The minimum Gasteiger partial charge on any atom is -0.508 e. The Balaban J connectivity index is 2.71. The van der Waals surface area contributed by atoms with Crippen molar-refractivity contribution in [1.82, 2.24) is 0 Å². The van der Waals surface area contributed by atoms with Gasteiger partial charge in [0, 0.05) is 0 Å². The van der Waals surface area contributed by atoms with Crippen molar-refractivity contribution in [2.75, 3.05) is 0 Å². The van der Waals surface area contributed by atoms with E-state index in [2.05, 4.69) is 0 Å². The highest BCUT2D eigenvalue weighted by Crippen LogP contribution is 2.00. The molecule has 2 nitrogen and oxygen atoms in total. The normalized spacial score (nSPS) is 18.5. The van der Waals surface area contributed by atoms with Crippen LogP contribution in [0.25, 0.3) is 0 Å². The van der Waals surface area contributed by atoms with Gasteiger partial charge in [-0.05, 0) is 18.2 Å². The van der Waals surface area contributed by atoms with Gasteiger partial charge in [0.05, 0.1) is 6.42 Å². The van der Waals surface area contributed by atoms with Crippen LogP contribution in [-0.2, 0) is 4.79 Å². The number of aliphatic hydroxyl groups is 1. The molecule has 0 saturated heterocycles. The highest BCUT2D eigenvalue weighted by molar-refractivity contribution is 5.99. The van der Waals surface area contributed by atoms with E-state index in [1.165, 1.54) is 24.6 Å². The molecule has 1 aliphatic carbocycles. The quantitative estimate of drug-likeness (QED) is 0.499. The molecule has 0 unspecified atom stereocenters. The molecule has 2 heteroatoms. The van der Waals surface area contributed by atoms with Crippen LogP contribution in [0.4, 0.5) is 0 Å². The third kappa shape index (κ3) is 0.964. The molecule has 0 atom stereocenters. The first-order valence-electron chi connectivity index (χ1n) is 2.25. The number of aliphatic hydroxyl groups excluding tert-OH is 1. The Kier molecular flexibility index (Phi) is 1.16. The Hall–Kier alpha value is -1.05. The molecule has 1 radical (unpaired) electrons. The molecule has 0 aromatic heterocycles. The van der Waals surface area contributed by atoms with E-state index in [1.54, 1.807) is 0 Å². The topological polar surface area (TPSA) is 37.3 Å². The molecule has 0 spiro atoms. The molecule has 0 bridgehead atoms. The van der Waals surface area contributed by atoms with Crippen LogP contribution in [-0.4, -0.2) is 10.9 Å². The summed E-state index contributed by atoms with van der Waals surface area (Å²) in [5.74, 6) is 0.0485. The van der Waals surface area contributed by atoms with Crippen LogP contribution in [0.5, 0.6) is 0 Å². The van der Waals surface area contributed by atoms with Gasteiger partial charge in [0.1, 0.15) is 5.76 Å². The van der Waals surface area contributed by atoms with Gasteiger partial charge in [0.15, 0.2) is 5.78 Å². The lowest BCUT2D eigenvalue weighted by atomic mass is 10.1. The number of allylic oxidation sites excluding steroid dienone is 3. The lowest BCUT2D eigenvalue weighted by Gasteiger charge is -1.95. The van der Waals surface area contributed by atoms with Gasteiger partial charge >= 0.3 is 0 Å². The molecular weight excluding hydrogens is 104 g/mol. The van der Waals surface area contributed by atoms with E-state index < -0.39 is 0 Å². The number of hydrogen-bond acceptors (Lipinski definition) is 2. The van der Waals surface area contributed by atoms with E-state index in [-0.39, 0.29) is 11.5 Å². The van der Waals surface area contributed by atoms with Crippen LogP contribution in [0.15, 0.2) is 24.0 Å². The molecule has 0 amide bonds. The summed E-state index contributed by atoms with van der Waals surface area (Å²) >= 11 is 0. The summed E-state index contributed by atoms with van der Waals surface area (Å²) in [5.41, 5.74) is 0. The Morgan fingerprint density at radius 2 is 2.12 bits per heavy atom. The Morgan fingerprint density at radius 3 is 2.50 bits per heavy atom. The van der Waals surface area contributed by atoms with Gasteiger partial charge in [0.2, 0.25) is 0 Å². The fourth-order valence-corrected chi connectivity index (χ4v) is 0.446. The minimum atomic E-state index is -0.0807. The molecule has 0 aromatic carbocycles. The van der Waals surface area contributed by atoms with Gasteiger partial charge < -0.3 is 5.11 Å². The van der Waals surface area contributed by atoms with Crippen molar-refractivity contribution in [3.8, 4) is 0 Å². The van der Waals surface area contributed by atoms with E-state index in [4.69, 9.17) is 5.11 Å². The number of carbonyl (C=O) groups excluding carboxylic acids is 1. The van der Waals surface area contributed by atoms with Crippen LogP contribution in [0.3, 0.4) is 0 Å². The van der Waals surface area contributed by atoms with Gasteiger partial charge in [-0.3, -0.25) is 4.79 Å². The zero-order valence-electron chi connectivity index (χ0n) is 4.16. The average Bonchev–Trinajstić information content (AvgIpc) is 1.77. The third-order valence-corrected chi connectivity index (χ3v) is 0.837. The second-order valence-electron chi connectivity index (χ2n) is 1.49. The summed E-state index contributed by atoms with van der Waals surface area (Å²) in [6.07, 6.45) is 5.36. The van der Waals surface area contributed by atoms with Crippen LogP contribution < -0.4 is 0 Å². The Bertz CT molecular complexity index is 163. The van der Waals surface area contributed by atoms with Crippen molar-refractivity contribution in [3.63, 3.8) is 0 Å². The van der Waals surface area contributed by atoms with Crippen LogP contribution >= 0.6 is 0 Å². The molecular formula is C6H5O2. The fraction of sp³-hybridized carbons (Fsp3) is 0. The summed E-state index contributed by atoms with van der Waals surface area (Å²) in [6.45, 7) is 0. The number of carbonyl (C=O) groups is 1. The lowest BCUT2D eigenvalue weighted by molar-refractivity contribution is -0.111. The molecule has 0 fully saturated rings.